The summed E-state index contributed by atoms with van der Waals surface area (Å²) < 4.78 is 5.55. The van der Waals surface area contributed by atoms with Gasteiger partial charge in [0.25, 0.3) is 5.91 Å². The van der Waals surface area contributed by atoms with E-state index in [1.54, 1.807) is 0 Å². The van der Waals surface area contributed by atoms with Crippen molar-refractivity contribution in [1.29, 1.82) is 0 Å². The molecule has 1 saturated carbocycles. The Bertz CT molecular complexity index is 1110. The first-order valence-electron chi connectivity index (χ1n) is 11.4. The molecule has 0 radical (unpaired) electrons. The quantitative estimate of drug-likeness (QED) is 0.252. The van der Waals surface area contributed by atoms with Crippen LogP contribution in [-0.4, -0.2) is 45.8 Å². The number of nitrogens with one attached hydrogen (secondary N) is 2. The van der Waals surface area contributed by atoms with Gasteiger partial charge in [0.2, 0.25) is 0 Å². The maximum absolute atomic E-state index is 13.1. The van der Waals surface area contributed by atoms with E-state index in [0.29, 0.717) is 37.8 Å². The molecular weight excluding hydrogens is 612 g/mol. The van der Waals surface area contributed by atoms with Crippen LogP contribution in [0.5, 0.6) is 0 Å². The SMILES string of the molecule is [CH2-]CC[N-]Cc1cc(C(=O)Nc2cccc(C3(Cc4ncn[nH]4)COC3)c2)nc(C2CC2)c1.[CH3-].[W]. The van der Waals surface area contributed by atoms with E-state index >= 15 is 0 Å². The van der Waals surface area contributed by atoms with Gasteiger partial charge >= 0.3 is 0 Å². The Balaban J connectivity index is 0.00000171. The molecule has 2 fully saturated rings. The summed E-state index contributed by atoms with van der Waals surface area (Å²) in [6.45, 7) is 6.35. The van der Waals surface area contributed by atoms with Crippen LogP contribution in [0.15, 0.2) is 42.7 Å². The number of anilines is 1. The van der Waals surface area contributed by atoms with E-state index in [-0.39, 0.29) is 39.8 Å². The molecule has 1 aliphatic carbocycles. The first kappa shape index (κ1) is 27.2. The Labute approximate surface area is 221 Å². The van der Waals surface area contributed by atoms with E-state index < -0.39 is 0 Å². The van der Waals surface area contributed by atoms with Gasteiger partial charge in [0.15, 0.2) is 0 Å². The number of pyridine rings is 1. The van der Waals surface area contributed by atoms with Crippen molar-refractivity contribution >= 4 is 11.6 Å². The second-order valence-electron chi connectivity index (χ2n) is 8.94. The summed E-state index contributed by atoms with van der Waals surface area (Å²) in [5.74, 6) is 1.08. The Kier molecular flexibility index (Phi) is 9.33. The van der Waals surface area contributed by atoms with Crippen molar-refractivity contribution in [3.05, 3.63) is 90.7 Å². The molecule has 2 aromatic heterocycles. The minimum Gasteiger partial charge on any atom is -0.661 e. The van der Waals surface area contributed by atoms with E-state index in [4.69, 9.17) is 4.74 Å². The molecule has 0 unspecified atom stereocenters. The number of aromatic amines is 1. The van der Waals surface area contributed by atoms with Crippen LogP contribution >= 0.6 is 0 Å². The third kappa shape index (κ3) is 6.43. The minimum atomic E-state index is -0.206. The molecule has 9 heteroatoms. The van der Waals surface area contributed by atoms with E-state index in [1.165, 1.54) is 6.33 Å². The molecular formula is C26H31N6O2W-3. The summed E-state index contributed by atoms with van der Waals surface area (Å²) in [5.41, 5.74) is 4.13. The van der Waals surface area contributed by atoms with Crippen LogP contribution in [0.2, 0.25) is 0 Å². The fourth-order valence-electron chi connectivity index (χ4n) is 4.20. The predicted molar refractivity (Wildman–Crippen MR) is 132 cm³/mol. The molecule has 1 amide bonds. The number of nitrogens with zero attached hydrogens (tertiary/aromatic N) is 4. The van der Waals surface area contributed by atoms with E-state index in [1.807, 2.05) is 24.3 Å². The van der Waals surface area contributed by atoms with E-state index in [0.717, 1.165) is 54.1 Å². The summed E-state index contributed by atoms with van der Waals surface area (Å²) >= 11 is 0. The van der Waals surface area contributed by atoms with Gasteiger partial charge in [-0.3, -0.25) is 9.89 Å². The third-order valence-corrected chi connectivity index (χ3v) is 6.20. The molecule has 2 aliphatic rings. The first-order valence-corrected chi connectivity index (χ1v) is 11.4. The molecule has 0 spiro atoms. The average molecular weight is 643 g/mol. The number of benzene rings is 1. The fraction of sp³-hybridized carbons (Fsp3) is 0.385. The van der Waals surface area contributed by atoms with Crippen molar-refractivity contribution in [3.63, 3.8) is 0 Å². The number of hydrogen-bond acceptors (Lipinski definition) is 5. The van der Waals surface area contributed by atoms with Crippen LogP contribution in [-0.2, 0) is 44.2 Å². The van der Waals surface area contributed by atoms with Crippen LogP contribution in [0.4, 0.5) is 5.69 Å². The van der Waals surface area contributed by atoms with Crippen molar-refractivity contribution < 1.29 is 30.6 Å². The zero-order chi connectivity index (χ0) is 22.7. The van der Waals surface area contributed by atoms with Gasteiger partial charge in [-0.05, 0) is 42.7 Å². The van der Waals surface area contributed by atoms with Crippen LogP contribution in [0.1, 0.15) is 58.3 Å². The first-order chi connectivity index (χ1) is 16.1. The van der Waals surface area contributed by atoms with Gasteiger partial charge in [-0.25, -0.2) is 16.4 Å². The topological polar surface area (TPSA) is 107 Å². The third-order valence-electron chi connectivity index (χ3n) is 6.20. The molecule has 35 heavy (non-hydrogen) atoms. The number of aromatic nitrogens is 4. The van der Waals surface area contributed by atoms with E-state index in [9.17, 15) is 4.79 Å². The maximum atomic E-state index is 13.1. The Morgan fingerprint density at radius 3 is 2.74 bits per heavy atom. The van der Waals surface area contributed by atoms with E-state index in [2.05, 4.69) is 49.9 Å². The normalized spacial score (nSPS) is 15.9. The summed E-state index contributed by atoms with van der Waals surface area (Å²) in [6.07, 6.45) is 5.25. The molecule has 5 rings (SSSR count). The van der Waals surface area contributed by atoms with Gasteiger partial charge in [-0.1, -0.05) is 17.7 Å². The predicted octanol–water partition coefficient (Wildman–Crippen LogP) is 4.39. The van der Waals surface area contributed by atoms with Gasteiger partial charge in [-0.2, -0.15) is 11.6 Å². The Hall–Kier alpha value is -2.41. The maximum Gasteiger partial charge on any atom is 0.274 e. The van der Waals surface area contributed by atoms with Crippen molar-refractivity contribution in [2.45, 2.75) is 43.6 Å². The molecule has 0 bridgehead atoms. The van der Waals surface area contributed by atoms with Crippen LogP contribution in [0.3, 0.4) is 0 Å². The van der Waals surface area contributed by atoms with Gasteiger partial charge < -0.3 is 29.7 Å². The monoisotopic (exact) mass is 643 g/mol. The number of ether oxygens (including phenoxy) is 1. The van der Waals surface area contributed by atoms with Crippen LogP contribution in [0.25, 0.3) is 5.32 Å². The molecule has 1 aromatic carbocycles. The van der Waals surface area contributed by atoms with Crippen LogP contribution < -0.4 is 5.32 Å². The number of rotatable bonds is 10. The van der Waals surface area contributed by atoms with Crippen molar-refractivity contribution in [2.75, 3.05) is 25.1 Å². The molecule has 8 nitrogen and oxygen atoms in total. The Morgan fingerprint density at radius 1 is 1.26 bits per heavy atom. The average Bonchev–Trinajstić information content (AvgIpc) is 3.53. The van der Waals surface area contributed by atoms with Gasteiger partial charge in [0.05, 0.1) is 13.2 Å². The molecule has 186 valence electrons. The van der Waals surface area contributed by atoms with Crippen molar-refractivity contribution in [3.8, 4) is 0 Å². The summed E-state index contributed by atoms with van der Waals surface area (Å²) in [4.78, 5) is 22.1. The molecule has 0 atom stereocenters. The second kappa shape index (κ2) is 12.0. The molecule has 2 N–H and O–H groups in total. The summed E-state index contributed by atoms with van der Waals surface area (Å²) in [7, 11) is 0. The van der Waals surface area contributed by atoms with Crippen molar-refractivity contribution in [1.82, 2.24) is 20.2 Å². The van der Waals surface area contributed by atoms with Gasteiger partial charge in [0, 0.05) is 50.2 Å². The minimum absolute atomic E-state index is 0. The molecule has 3 heterocycles. The van der Waals surface area contributed by atoms with Gasteiger partial charge in [-0.15, -0.1) is 6.54 Å². The number of carbonyl (C=O) groups excluding carboxylic acids is 1. The molecule has 3 aromatic rings. The molecule has 1 saturated heterocycles. The number of hydrogen-bond donors (Lipinski definition) is 2. The zero-order valence-corrected chi connectivity index (χ0v) is 22.9. The molecule has 1 aliphatic heterocycles. The Morgan fingerprint density at radius 2 is 2.09 bits per heavy atom. The van der Waals surface area contributed by atoms with Gasteiger partial charge in [0.1, 0.15) is 17.8 Å². The summed E-state index contributed by atoms with van der Waals surface area (Å²) in [5, 5.41) is 14.4. The number of carbonyl (C=O) groups is 1. The number of amides is 1. The second-order valence-corrected chi connectivity index (χ2v) is 8.94. The number of H-pyrrole nitrogens is 1. The smallest absolute Gasteiger partial charge is 0.274 e. The van der Waals surface area contributed by atoms with Crippen molar-refractivity contribution in [2.24, 2.45) is 0 Å². The zero-order valence-electron chi connectivity index (χ0n) is 20.0. The van der Waals surface area contributed by atoms with Crippen LogP contribution in [0, 0.1) is 14.4 Å². The summed E-state index contributed by atoms with van der Waals surface area (Å²) in [6, 6.07) is 11.9. The standard InChI is InChI=1S/C25H28N6O2.CH3.W/c1-2-8-26-13-17-9-21(18-6-7-18)30-22(10-17)24(32)29-20-5-3-4-19(11-20)25(14-33-15-25)12-23-27-16-28-31-23;;/h3-5,9-11,16,18H,1-2,6-8,12-15H2,(H,29,32)(H,27,28,31);1H3;/q-2;-1;. The fourth-order valence-corrected chi connectivity index (χ4v) is 4.20. The largest absolute Gasteiger partial charge is 0.661 e.